The highest BCUT2D eigenvalue weighted by atomic mass is 35.5. The molecule has 2 aromatic rings. The molecule has 0 saturated heterocycles. The monoisotopic (exact) mass is 294 g/mol. The second-order valence-corrected chi connectivity index (χ2v) is 5.45. The molecule has 0 aliphatic carbocycles. The van der Waals surface area contributed by atoms with Gasteiger partial charge in [-0.3, -0.25) is 0 Å². The number of hydrogen-bond donors (Lipinski definition) is 2. The second-order valence-electron chi connectivity index (χ2n) is 5.07. The summed E-state index contributed by atoms with van der Waals surface area (Å²) in [5.74, 6) is 7.74. The zero-order chi connectivity index (χ0) is 15.0. The number of hydrogen-bond acceptors (Lipinski definition) is 5. The quantitative estimate of drug-likeness (QED) is 0.672. The van der Waals surface area contributed by atoms with Crippen molar-refractivity contribution in [3.63, 3.8) is 0 Å². The Morgan fingerprint density at radius 1 is 1.20 bits per heavy atom. The number of nitrogens with zero attached hydrogens (tertiary/aromatic N) is 4. The van der Waals surface area contributed by atoms with Crippen molar-refractivity contribution in [2.24, 2.45) is 5.84 Å². The third-order valence-corrected chi connectivity index (χ3v) is 3.74. The average molecular weight is 295 g/mol. The van der Waals surface area contributed by atoms with Gasteiger partial charge in [-0.25, -0.2) is 20.5 Å². The van der Waals surface area contributed by atoms with Crippen molar-refractivity contribution in [1.82, 2.24) is 19.7 Å². The lowest BCUT2D eigenvalue weighted by atomic mass is 10.2. The van der Waals surface area contributed by atoms with Gasteiger partial charge in [0.2, 0.25) is 0 Å². The predicted octanol–water partition coefficient (Wildman–Crippen LogP) is 2.65. The highest BCUT2D eigenvalue weighted by Gasteiger charge is 2.18. The van der Waals surface area contributed by atoms with Crippen LogP contribution in [0.5, 0.6) is 0 Å². The number of rotatable bonds is 3. The largest absolute Gasteiger partial charge is 0.308 e. The Bertz CT molecular complexity index is 647. The molecule has 0 spiro atoms. The first-order valence-electron chi connectivity index (χ1n) is 6.44. The highest BCUT2D eigenvalue weighted by molar-refractivity contribution is 6.31. The molecule has 2 heterocycles. The van der Waals surface area contributed by atoms with Gasteiger partial charge in [-0.15, -0.1) is 0 Å². The van der Waals surface area contributed by atoms with Crippen molar-refractivity contribution in [3.8, 4) is 5.82 Å². The maximum Gasteiger partial charge on any atom is 0.162 e. The number of halogens is 1. The first-order valence-corrected chi connectivity index (χ1v) is 6.81. The van der Waals surface area contributed by atoms with Crippen molar-refractivity contribution >= 4 is 17.4 Å². The van der Waals surface area contributed by atoms with Crippen LogP contribution in [0.1, 0.15) is 42.5 Å². The summed E-state index contributed by atoms with van der Waals surface area (Å²) in [6, 6.07) is 0. The fourth-order valence-electron chi connectivity index (χ4n) is 1.96. The number of hydrazine groups is 1. The number of aromatic nitrogens is 4. The first-order chi connectivity index (χ1) is 9.36. The van der Waals surface area contributed by atoms with Crippen LogP contribution in [0.3, 0.4) is 0 Å². The zero-order valence-electron chi connectivity index (χ0n) is 12.3. The molecule has 0 amide bonds. The minimum absolute atomic E-state index is 0.189. The second kappa shape index (κ2) is 5.38. The van der Waals surface area contributed by atoms with Crippen LogP contribution in [0.4, 0.5) is 5.82 Å². The number of aryl methyl sites for hydroxylation is 1. The van der Waals surface area contributed by atoms with E-state index in [-0.39, 0.29) is 5.92 Å². The molecule has 108 valence electrons. The van der Waals surface area contributed by atoms with Gasteiger partial charge in [0.15, 0.2) is 5.82 Å². The maximum absolute atomic E-state index is 6.21. The Balaban J connectivity index is 2.72. The van der Waals surface area contributed by atoms with Crippen molar-refractivity contribution in [3.05, 3.63) is 27.8 Å². The summed E-state index contributed by atoms with van der Waals surface area (Å²) in [7, 11) is 0. The van der Waals surface area contributed by atoms with Gasteiger partial charge in [0.05, 0.1) is 16.4 Å². The van der Waals surface area contributed by atoms with Gasteiger partial charge >= 0.3 is 0 Å². The van der Waals surface area contributed by atoms with Gasteiger partial charge in [-0.1, -0.05) is 25.4 Å². The normalized spacial score (nSPS) is 11.2. The molecular weight excluding hydrogens is 276 g/mol. The van der Waals surface area contributed by atoms with Crippen LogP contribution >= 0.6 is 11.6 Å². The summed E-state index contributed by atoms with van der Waals surface area (Å²) >= 11 is 6.21. The molecule has 0 bridgehead atoms. The van der Waals surface area contributed by atoms with Gasteiger partial charge in [0.1, 0.15) is 11.6 Å². The van der Waals surface area contributed by atoms with E-state index in [2.05, 4.69) is 20.5 Å². The third-order valence-electron chi connectivity index (χ3n) is 3.19. The molecule has 6 nitrogen and oxygen atoms in total. The van der Waals surface area contributed by atoms with Gasteiger partial charge in [-0.05, 0) is 20.8 Å². The Kier molecular flexibility index (Phi) is 3.96. The van der Waals surface area contributed by atoms with Crippen LogP contribution in [0, 0.1) is 20.8 Å². The lowest BCUT2D eigenvalue weighted by Gasteiger charge is -2.14. The number of anilines is 1. The Morgan fingerprint density at radius 3 is 2.30 bits per heavy atom. The van der Waals surface area contributed by atoms with E-state index in [1.165, 1.54) is 0 Å². The van der Waals surface area contributed by atoms with Gasteiger partial charge < -0.3 is 5.43 Å². The van der Waals surface area contributed by atoms with E-state index in [0.29, 0.717) is 22.5 Å². The lowest BCUT2D eigenvalue weighted by molar-refractivity contribution is 0.730. The molecule has 7 heteroatoms. The maximum atomic E-state index is 6.21. The molecule has 3 N–H and O–H groups in total. The van der Waals surface area contributed by atoms with Gasteiger partial charge in [-0.2, -0.15) is 5.10 Å². The minimum atomic E-state index is 0.189. The first kappa shape index (κ1) is 14.7. The summed E-state index contributed by atoms with van der Waals surface area (Å²) in [4.78, 5) is 9.02. The summed E-state index contributed by atoms with van der Waals surface area (Å²) in [6.45, 7) is 9.74. The van der Waals surface area contributed by atoms with Crippen molar-refractivity contribution in [2.45, 2.75) is 40.5 Å². The molecule has 0 atom stereocenters. The van der Waals surface area contributed by atoms with Gasteiger partial charge in [0, 0.05) is 11.5 Å². The van der Waals surface area contributed by atoms with Crippen molar-refractivity contribution < 1.29 is 0 Å². The van der Waals surface area contributed by atoms with E-state index in [1.807, 2.05) is 34.6 Å². The lowest BCUT2D eigenvalue weighted by Crippen LogP contribution is -2.16. The van der Waals surface area contributed by atoms with Crippen LogP contribution in [0.2, 0.25) is 5.02 Å². The van der Waals surface area contributed by atoms with E-state index in [4.69, 9.17) is 17.4 Å². The third kappa shape index (κ3) is 2.36. The van der Waals surface area contributed by atoms with Crippen LogP contribution in [-0.2, 0) is 0 Å². The molecule has 0 aliphatic rings. The van der Waals surface area contributed by atoms with E-state index in [1.54, 1.807) is 4.68 Å². The van der Waals surface area contributed by atoms with Crippen LogP contribution in [-0.4, -0.2) is 19.7 Å². The number of nitrogens with two attached hydrogens (primary N) is 1. The molecule has 2 aromatic heterocycles. The van der Waals surface area contributed by atoms with Gasteiger partial charge in [0.25, 0.3) is 0 Å². The number of nitrogens with one attached hydrogen (secondary N) is 1. The van der Waals surface area contributed by atoms with Crippen LogP contribution < -0.4 is 11.3 Å². The molecular formula is C13H19ClN6. The summed E-state index contributed by atoms with van der Waals surface area (Å²) in [5.41, 5.74) is 5.07. The summed E-state index contributed by atoms with van der Waals surface area (Å²) in [5, 5.41) is 5.09. The molecule has 0 radical (unpaired) electrons. The smallest absolute Gasteiger partial charge is 0.162 e. The standard InChI is InChI=1S/C13H19ClN6/c1-6(2)11-16-12(18-15)7(3)13(17-11)20-9(5)10(14)8(4)19-20/h6H,15H2,1-5H3,(H,16,17,18). The Hall–Kier alpha value is -1.66. The van der Waals surface area contributed by atoms with Crippen LogP contribution in [0.15, 0.2) is 0 Å². The van der Waals surface area contributed by atoms with E-state index in [0.717, 1.165) is 17.0 Å². The van der Waals surface area contributed by atoms with Crippen molar-refractivity contribution in [2.75, 3.05) is 5.43 Å². The molecule has 2 rings (SSSR count). The van der Waals surface area contributed by atoms with Crippen molar-refractivity contribution in [1.29, 1.82) is 0 Å². The molecule has 0 unspecified atom stereocenters. The molecule has 0 aromatic carbocycles. The highest BCUT2D eigenvalue weighted by Crippen LogP contribution is 2.26. The SMILES string of the molecule is Cc1nn(-c2nc(C(C)C)nc(NN)c2C)c(C)c1Cl. The molecule has 0 saturated carbocycles. The summed E-state index contributed by atoms with van der Waals surface area (Å²) in [6.07, 6.45) is 0. The van der Waals surface area contributed by atoms with E-state index < -0.39 is 0 Å². The van der Waals surface area contributed by atoms with E-state index >= 15 is 0 Å². The topological polar surface area (TPSA) is 81.7 Å². The summed E-state index contributed by atoms with van der Waals surface area (Å²) < 4.78 is 1.74. The fourth-order valence-corrected chi connectivity index (χ4v) is 2.07. The molecule has 20 heavy (non-hydrogen) atoms. The Labute approximate surface area is 123 Å². The average Bonchev–Trinajstić information content (AvgIpc) is 2.66. The molecule has 0 fully saturated rings. The molecule has 0 aliphatic heterocycles. The van der Waals surface area contributed by atoms with Crippen LogP contribution in [0.25, 0.3) is 5.82 Å². The predicted molar refractivity (Wildman–Crippen MR) is 80.3 cm³/mol. The minimum Gasteiger partial charge on any atom is -0.308 e. The fraction of sp³-hybridized carbons (Fsp3) is 0.462. The van der Waals surface area contributed by atoms with E-state index in [9.17, 15) is 0 Å². The number of nitrogen functional groups attached to an aromatic ring is 1. The zero-order valence-corrected chi connectivity index (χ0v) is 13.1. The Morgan fingerprint density at radius 2 is 1.85 bits per heavy atom.